The van der Waals surface area contributed by atoms with Gasteiger partial charge in [-0.1, -0.05) is 20.8 Å². The summed E-state index contributed by atoms with van der Waals surface area (Å²) in [6.07, 6.45) is 2.48. The van der Waals surface area contributed by atoms with E-state index in [4.69, 9.17) is 0 Å². The number of hydrogen-bond donors (Lipinski definition) is 1. The Morgan fingerprint density at radius 3 is 2.00 bits per heavy atom. The third-order valence-electron chi connectivity index (χ3n) is 4.76. The maximum atomic E-state index is 3.61. The second-order valence-corrected chi connectivity index (χ2v) is 7.78. The Kier molecular flexibility index (Phi) is 6.96. The third kappa shape index (κ3) is 5.71. The molecule has 1 saturated heterocycles. The number of rotatable bonds is 7. The molecule has 0 radical (unpaired) electrons. The van der Waals surface area contributed by atoms with Gasteiger partial charge in [-0.3, -0.25) is 4.90 Å². The van der Waals surface area contributed by atoms with Crippen LogP contribution < -0.4 is 5.32 Å². The minimum atomic E-state index is 0.322. The summed E-state index contributed by atoms with van der Waals surface area (Å²) in [5, 5.41) is 3.61. The van der Waals surface area contributed by atoms with Crippen molar-refractivity contribution in [1.82, 2.24) is 15.1 Å². The van der Waals surface area contributed by atoms with E-state index < -0.39 is 0 Å². The van der Waals surface area contributed by atoms with Crippen LogP contribution in [0.15, 0.2) is 0 Å². The Bertz CT molecular complexity index is 264. The van der Waals surface area contributed by atoms with Gasteiger partial charge in [-0.25, -0.2) is 0 Å². The lowest BCUT2D eigenvalue weighted by Gasteiger charge is -2.44. The quantitative estimate of drug-likeness (QED) is 0.725. The van der Waals surface area contributed by atoms with Gasteiger partial charge in [0, 0.05) is 44.8 Å². The maximum absolute atomic E-state index is 3.61. The van der Waals surface area contributed by atoms with Crippen molar-refractivity contribution in [1.29, 1.82) is 0 Å². The molecule has 0 aromatic heterocycles. The zero-order valence-electron chi connectivity index (χ0n) is 14.8. The molecule has 1 rings (SSSR count). The van der Waals surface area contributed by atoms with E-state index in [0.29, 0.717) is 11.0 Å². The van der Waals surface area contributed by atoms with Gasteiger partial charge < -0.3 is 10.2 Å². The molecule has 3 heteroatoms. The lowest BCUT2D eigenvalue weighted by atomic mass is 9.86. The van der Waals surface area contributed by atoms with E-state index in [2.05, 4.69) is 56.7 Å². The largest absolute Gasteiger partial charge is 0.316 e. The van der Waals surface area contributed by atoms with Crippen LogP contribution in [0.1, 0.15) is 54.4 Å². The van der Waals surface area contributed by atoms with E-state index in [1.54, 1.807) is 0 Å². The van der Waals surface area contributed by atoms with Crippen LogP contribution in [-0.2, 0) is 0 Å². The van der Waals surface area contributed by atoms with Crippen LogP contribution in [0.25, 0.3) is 0 Å². The summed E-state index contributed by atoms with van der Waals surface area (Å²) >= 11 is 0. The van der Waals surface area contributed by atoms with E-state index >= 15 is 0 Å². The van der Waals surface area contributed by atoms with E-state index in [0.717, 1.165) is 13.1 Å². The Labute approximate surface area is 127 Å². The van der Waals surface area contributed by atoms with Gasteiger partial charge in [0.15, 0.2) is 0 Å². The van der Waals surface area contributed by atoms with Crippen molar-refractivity contribution in [3.05, 3.63) is 0 Å². The molecule has 1 aliphatic rings. The minimum Gasteiger partial charge on any atom is -0.316 e. The first-order valence-electron chi connectivity index (χ1n) is 8.49. The molecule has 0 spiro atoms. The summed E-state index contributed by atoms with van der Waals surface area (Å²) in [7, 11) is 0. The number of nitrogens with zero attached hydrogens (tertiary/aromatic N) is 2. The first-order valence-corrected chi connectivity index (χ1v) is 8.49. The fraction of sp³-hybridized carbons (Fsp3) is 1.00. The fourth-order valence-corrected chi connectivity index (χ4v) is 2.98. The van der Waals surface area contributed by atoms with E-state index in [1.165, 1.54) is 45.6 Å². The molecule has 0 bridgehead atoms. The topological polar surface area (TPSA) is 18.5 Å². The van der Waals surface area contributed by atoms with Crippen molar-refractivity contribution < 1.29 is 0 Å². The first-order chi connectivity index (χ1) is 9.30. The van der Waals surface area contributed by atoms with Gasteiger partial charge in [-0.15, -0.1) is 0 Å². The van der Waals surface area contributed by atoms with Crippen molar-refractivity contribution in [2.24, 2.45) is 5.41 Å². The molecule has 0 amide bonds. The van der Waals surface area contributed by atoms with Gasteiger partial charge in [-0.05, 0) is 45.6 Å². The maximum Gasteiger partial charge on any atom is 0.0126 e. The zero-order valence-corrected chi connectivity index (χ0v) is 14.8. The second kappa shape index (κ2) is 7.77. The standard InChI is InChI=1S/C17H37N3/c1-7-9-18-14-17(6,8-2)15-19-10-12-20(13-11-19)16(3,4)5/h18H,7-15H2,1-6H3. The van der Waals surface area contributed by atoms with Crippen molar-refractivity contribution in [2.45, 2.75) is 59.9 Å². The molecule has 1 unspecified atom stereocenters. The molecule has 1 aliphatic heterocycles. The van der Waals surface area contributed by atoms with Crippen molar-refractivity contribution >= 4 is 0 Å². The molecule has 1 atom stereocenters. The van der Waals surface area contributed by atoms with Crippen LogP contribution >= 0.6 is 0 Å². The number of piperazine rings is 1. The third-order valence-corrected chi connectivity index (χ3v) is 4.76. The molecular formula is C17H37N3. The number of nitrogens with one attached hydrogen (secondary N) is 1. The number of hydrogen-bond acceptors (Lipinski definition) is 3. The average Bonchev–Trinajstić information content (AvgIpc) is 2.38. The van der Waals surface area contributed by atoms with Crippen LogP contribution in [0.5, 0.6) is 0 Å². The lowest BCUT2D eigenvalue weighted by molar-refractivity contribution is 0.0416. The summed E-state index contributed by atoms with van der Waals surface area (Å²) in [5.74, 6) is 0. The van der Waals surface area contributed by atoms with E-state index in [-0.39, 0.29) is 0 Å². The SMILES string of the molecule is CCCNCC(C)(CC)CN1CCN(C(C)(C)C)CC1. The van der Waals surface area contributed by atoms with Crippen molar-refractivity contribution in [3.63, 3.8) is 0 Å². The smallest absolute Gasteiger partial charge is 0.0126 e. The highest BCUT2D eigenvalue weighted by Gasteiger charge is 2.30. The van der Waals surface area contributed by atoms with Crippen molar-refractivity contribution in [3.8, 4) is 0 Å². The summed E-state index contributed by atoms with van der Waals surface area (Å²) < 4.78 is 0. The van der Waals surface area contributed by atoms with E-state index in [1.807, 2.05) is 0 Å². The van der Waals surface area contributed by atoms with Crippen LogP contribution in [0.4, 0.5) is 0 Å². The average molecular weight is 284 g/mol. The summed E-state index contributed by atoms with van der Waals surface area (Å²) in [6.45, 7) is 22.4. The van der Waals surface area contributed by atoms with Gasteiger partial charge in [0.25, 0.3) is 0 Å². The summed E-state index contributed by atoms with van der Waals surface area (Å²) in [5.41, 5.74) is 0.738. The van der Waals surface area contributed by atoms with Crippen LogP contribution in [0.2, 0.25) is 0 Å². The Balaban J connectivity index is 2.40. The fourth-order valence-electron chi connectivity index (χ4n) is 2.98. The predicted octanol–water partition coefficient (Wildman–Crippen LogP) is 2.82. The van der Waals surface area contributed by atoms with Crippen molar-refractivity contribution in [2.75, 3.05) is 45.8 Å². The first kappa shape index (κ1) is 17.9. The molecule has 1 fully saturated rings. The molecule has 20 heavy (non-hydrogen) atoms. The monoisotopic (exact) mass is 283 g/mol. The summed E-state index contributed by atoms with van der Waals surface area (Å²) in [6, 6.07) is 0. The normalized spacial score (nSPS) is 21.9. The van der Waals surface area contributed by atoms with Gasteiger partial charge >= 0.3 is 0 Å². The Morgan fingerprint density at radius 2 is 1.55 bits per heavy atom. The zero-order chi connectivity index (χ0) is 15.2. The molecule has 3 nitrogen and oxygen atoms in total. The second-order valence-electron chi connectivity index (χ2n) is 7.78. The highest BCUT2D eigenvalue weighted by atomic mass is 15.3. The molecule has 0 aromatic rings. The molecule has 1 N–H and O–H groups in total. The molecule has 0 saturated carbocycles. The summed E-state index contributed by atoms with van der Waals surface area (Å²) in [4.78, 5) is 5.28. The van der Waals surface area contributed by atoms with E-state index in [9.17, 15) is 0 Å². The Morgan fingerprint density at radius 1 is 0.950 bits per heavy atom. The highest BCUT2D eigenvalue weighted by Crippen LogP contribution is 2.23. The van der Waals surface area contributed by atoms with Gasteiger partial charge in [0.05, 0.1) is 0 Å². The van der Waals surface area contributed by atoms with Gasteiger partial charge in [0.2, 0.25) is 0 Å². The molecule has 1 heterocycles. The predicted molar refractivity (Wildman–Crippen MR) is 89.3 cm³/mol. The highest BCUT2D eigenvalue weighted by molar-refractivity contribution is 4.86. The van der Waals surface area contributed by atoms with Crippen LogP contribution in [0, 0.1) is 5.41 Å². The molecule has 120 valence electrons. The van der Waals surface area contributed by atoms with Crippen LogP contribution in [-0.4, -0.2) is 61.2 Å². The van der Waals surface area contributed by atoms with Gasteiger partial charge in [0.1, 0.15) is 0 Å². The minimum absolute atomic E-state index is 0.322. The van der Waals surface area contributed by atoms with Gasteiger partial charge in [-0.2, -0.15) is 0 Å². The lowest BCUT2D eigenvalue weighted by Crippen LogP contribution is -2.55. The molecule has 0 aromatic carbocycles. The molecule has 0 aliphatic carbocycles. The Hall–Kier alpha value is -0.120. The van der Waals surface area contributed by atoms with Crippen LogP contribution in [0.3, 0.4) is 0 Å². The molecular weight excluding hydrogens is 246 g/mol.